The number of nitrogens with one attached hydrogen (secondary N) is 1. The topological polar surface area (TPSA) is 12.0 Å². The summed E-state index contributed by atoms with van der Waals surface area (Å²) in [5, 5.41) is 3.56. The van der Waals surface area contributed by atoms with Gasteiger partial charge in [-0.05, 0) is 38.0 Å². The van der Waals surface area contributed by atoms with E-state index in [1.165, 1.54) is 32.2 Å². The minimum absolute atomic E-state index is 0.588. The van der Waals surface area contributed by atoms with Gasteiger partial charge in [-0.25, -0.2) is 0 Å². The first-order valence-corrected chi connectivity index (χ1v) is 5.55. The normalized spacial score (nSPS) is 22.2. The Kier molecular flexibility index (Phi) is 3.85. The van der Waals surface area contributed by atoms with Crippen molar-refractivity contribution in [3.63, 3.8) is 0 Å². The van der Waals surface area contributed by atoms with E-state index in [2.05, 4.69) is 19.2 Å². The molecule has 1 fully saturated rings. The molecule has 1 N–H and O–H groups in total. The molecule has 1 atom stereocenters. The fourth-order valence-corrected chi connectivity index (χ4v) is 1.83. The van der Waals surface area contributed by atoms with Crippen LogP contribution in [0.2, 0.25) is 0 Å². The van der Waals surface area contributed by atoms with E-state index in [1.54, 1.807) is 0 Å². The highest BCUT2D eigenvalue weighted by atomic mass is 35.5. The van der Waals surface area contributed by atoms with Gasteiger partial charge in [0.05, 0.1) is 0 Å². The summed E-state index contributed by atoms with van der Waals surface area (Å²) < 4.78 is 0. The fourth-order valence-electron chi connectivity index (χ4n) is 1.43. The quantitative estimate of drug-likeness (QED) is 0.634. The maximum Gasteiger partial charge on any atom is 0.0229 e. The summed E-state index contributed by atoms with van der Waals surface area (Å²) in [4.78, 5) is 0. The zero-order valence-corrected chi connectivity index (χ0v) is 8.95. The van der Waals surface area contributed by atoms with Gasteiger partial charge in [0.15, 0.2) is 0 Å². The van der Waals surface area contributed by atoms with Gasteiger partial charge < -0.3 is 5.32 Å². The van der Waals surface area contributed by atoms with Gasteiger partial charge in [-0.2, -0.15) is 0 Å². The molecule has 72 valence electrons. The van der Waals surface area contributed by atoms with E-state index >= 15 is 0 Å². The van der Waals surface area contributed by atoms with Crippen molar-refractivity contribution in [2.24, 2.45) is 5.41 Å². The van der Waals surface area contributed by atoms with Crippen molar-refractivity contribution in [2.75, 3.05) is 12.4 Å². The van der Waals surface area contributed by atoms with E-state index in [0.29, 0.717) is 11.5 Å². The molecule has 1 nitrogen and oxygen atoms in total. The predicted molar refractivity (Wildman–Crippen MR) is 54.8 cm³/mol. The van der Waals surface area contributed by atoms with Gasteiger partial charge in [-0.15, -0.1) is 11.6 Å². The minimum Gasteiger partial charge on any atom is -0.314 e. The molecule has 1 unspecified atom stereocenters. The lowest BCUT2D eigenvalue weighted by Gasteiger charge is -2.18. The van der Waals surface area contributed by atoms with Crippen LogP contribution in [0.4, 0.5) is 0 Å². The van der Waals surface area contributed by atoms with Gasteiger partial charge in [-0.3, -0.25) is 0 Å². The standard InChI is InChI=1S/C10H20ClN/c1-3-9(2)12-8-10(4-5-10)6-7-11/h9,12H,3-8H2,1-2H3. The summed E-state index contributed by atoms with van der Waals surface area (Å²) in [5.41, 5.74) is 0.588. The van der Waals surface area contributed by atoms with Gasteiger partial charge in [0.25, 0.3) is 0 Å². The van der Waals surface area contributed by atoms with Crippen molar-refractivity contribution in [3.05, 3.63) is 0 Å². The highest BCUT2D eigenvalue weighted by molar-refractivity contribution is 6.17. The third-order valence-corrected chi connectivity index (χ3v) is 3.21. The molecular formula is C10H20ClN. The van der Waals surface area contributed by atoms with Crippen molar-refractivity contribution in [1.29, 1.82) is 0 Å². The molecule has 1 aliphatic carbocycles. The molecule has 0 radical (unpaired) electrons. The molecule has 0 aromatic heterocycles. The summed E-state index contributed by atoms with van der Waals surface area (Å²) in [6, 6.07) is 0.665. The van der Waals surface area contributed by atoms with Crippen LogP contribution in [0.25, 0.3) is 0 Å². The highest BCUT2D eigenvalue weighted by Crippen LogP contribution is 2.48. The third-order valence-electron chi connectivity index (χ3n) is 3.02. The number of halogens is 1. The number of alkyl halides is 1. The predicted octanol–water partition coefficient (Wildman–Crippen LogP) is 2.78. The van der Waals surface area contributed by atoms with Crippen LogP contribution in [-0.4, -0.2) is 18.5 Å². The lowest BCUT2D eigenvalue weighted by Crippen LogP contribution is -2.31. The van der Waals surface area contributed by atoms with Crippen LogP contribution >= 0.6 is 11.6 Å². The van der Waals surface area contributed by atoms with Crippen LogP contribution in [0.15, 0.2) is 0 Å². The molecule has 0 spiro atoms. The Labute approximate surface area is 80.9 Å². The largest absolute Gasteiger partial charge is 0.314 e. The molecule has 0 saturated heterocycles. The first-order valence-electron chi connectivity index (χ1n) is 5.02. The summed E-state index contributed by atoms with van der Waals surface area (Å²) in [6.07, 6.45) is 5.17. The second-order valence-corrected chi connectivity index (χ2v) is 4.51. The monoisotopic (exact) mass is 189 g/mol. The average molecular weight is 190 g/mol. The van der Waals surface area contributed by atoms with Gasteiger partial charge in [0.1, 0.15) is 0 Å². The van der Waals surface area contributed by atoms with Gasteiger partial charge in [0, 0.05) is 18.5 Å². The molecule has 0 heterocycles. The van der Waals surface area contributed by atoms with Gasteiger partial charge in [-0.1, -0.05) is 6.92 Å². The van der Waals surface area contributed by atoms with E-state index in [-0.39, 0.29) is 0 Å². The molecule has 1 aliphatic rings. The molecule has 0 aromatic rings. The Bertz CT molecular complexity index is 132. The van der Waals surface area contributed by atoms with Crippen LogP contribution in [-0.2, 0) is 0 Å². The zero-order valence-electron chi connectivity index (χ0n) is 8.20. The maximum atomic E-state index is 5.75. The van der Waals surface area contributed by atoms with Crippen molar-refractivity contribution < 1.29 is 0 Å². The molecule has 12 heavy (non-hydrogen) atoms. The third kappa shape index (κ3) is 2.95. The van der Waals surface area contributed by atoms with Crippen molar-refractivity contribution in [2.45, 2.75) is 45.6 Å². The molecular weight excluding hydrogens is 170 g/mol. The van der Waals surface area contributed by atoms with Crippen LogP contribution < -0.4 is 5.32 Å². The van der Waals surface area contributed by atoms with Crippen LogP contribution in [0.3, 0.4) is 0 Å². The molecule has 0 aliphatic heterocycles. The average Bonchev–Trinajstić information content (AvgIpc) is 2.82. The SMILES string of the molecule is CCC(C)NCC1(CCCl)CC1. The number of hydrogen-bond acceptors (Lipinski definition) is 1. The van der Waals surface area contributed by atoms with E-state index in [1.807, 2.05) is 0 Å². The Morgan fingerprint density at radius 3 is 2.58 bits per heavy atom. The van der Waals surface area contributed by atoms with E-state index < -0.39 is 0 Å². The van der Waals surface area contributed by atoms with E-state index in [9.17, 15) is 0 Å². The van der Waals surface area contributed by atoms with Crippen molar-refractivity contribution in [3.8, 4) is 0 Å². The Morgan fingerprint density at radius 1 is 1.50 bits per heavy atom. The fraction of sp³-hybridized carbons (Fsp3) is 1.00. The Morgan fingerprint density at radius 2 is 2.17 bits per heavy atom. The summed E-state index contributed by atoms with van der Waals surface area (Å²) in [6.45, 7) is 5.64. The maximum absolute atomic E-state index is 5.75. The highest BCUT2D eigenvalue weighted by Gasteiger charge is 2.41. The second kappa shape index (κ2) is 4.48. The number of hydrogen-bond donors (Lipinski definition) is 1. The molecule has 1 saturated carbocycles. The van der Waals surface area contributed by atoms with Crippen molar-refractivity contribution >= 4 is 11.6 Å². The molecule has 0 amide bonds. The van der Waals surface area contributed by atoms with Crippen LogP contribution in [0, 0.1) is 5.41 Å². The summed E-state index contributed by atoms with van der Waals surface area (Å²) in [5.74, 6) is 0.822. The zero-order chi connectivity index (χ0) is 9.03. The lowest BCUT2D eigenvalue weighted by atomic mass is 10.0. The van der Waals surface area contributed by atoms with E-state index in [4.69, 9.17) is 11.6 Å². The van der Waals surface area contributed by atoms with Crippen LogP contribution in [0.5, 0.6) is 0 Å². The Balaban J connectivity index is 2.13. The number of rotatable bonds is 6. The summed E-state index contributed by atoms with van der Waals surface area (Å²) in [7, 11) is 0. The van der Waals surface area contributed by atoms with Gasteiger partial charge >= 0.3 is 0 Å². The van der Waals surface area contributed by atoms with Gasteiger partial charge in [0.2, 0.25) is 0 Å². The molecule has 2 heteroatoms. The smallest absolute Gasteiger partial charge is 0.0229 e. The first kappa shape index (κ1) is 10.3. The summed E-state index contributed by atoms with van der Waals surface area (Å²) >= 11 is 5.75. The molecule has 0 bridgehead atoms. The minimum atomic E-state index is 0.588. The molecule has 0 aromatic carbocycles. The van der Waals surface area contributed by atoms with E-state index in [0.717, 1.165) is 5.88 Å². The van der Waals surface area contributed by atoms with Crippen LogP contribution in [0.1, 0.15) is 39.5 Å². The van der Waals surface area contributed by atoms with Crippen molar-refractivity contribution in [1.82, 2.24) is 5.32 Å². The first-order chi connectivity index (χ1) is 5.72. The lowest BCUT2D eigenvalue weighted by molar-refractivity contribution is 0.407. The Hall–Kier alpha value is 0.250. The second-order valence-electron chi connectivity index (χ2n) is 4.13. The molecule has 1 rings (SSSR count).